The fraction of sp³-hybridized carbons (Fsp3) is 0.136. The molecule has 0 saturated carbocycles. The smallest absolute Gasteiger partial charge is 0.264 e. The highest BCUT2D eigenvalue weighted by Gasteiger charge is 2.29. The number of benzene rings is 3. The lowest BCUT2D eigenvalue weighted by Crippen LogP contribution is -2.38. The zero-order chi connectivity index (χ0) is 22.4. The summed E-state index contributed by atoms with van der Waals surface area (Å²) in [7, 11) is -1.18. The first kappa shape index (κ1) is 22.5. The molecule has 0 radical (unpaired) electrons. The highest BCUT2D eigenvalue weighted by molar-refractivity contribution is 7.92. The van der Waals surface area contributed by atoms with Crippen molar-refractivity contribution in [3.63, 3.8) is 0 Å². The first-order chi connectivity index (χ1) is 14.9. The molecule has 0 bridgehead atoms. The Labute approximate surface area is 186 Å². The van der Waals surface area contributed by atoms with Crippen molar-refractivity contribution in [2.45, 2.75) is 4.90 Å². The van der Waals surface area contributed by atoms with Crippen LogP contribution in [0.3, 0.4) is 0 Å². The molecule has 162 valence electrons. The Morgan fingerprint density at radius 1 is 0.968 bits per heavy atom. The van der Waals surface area contributed by atoms with Crippen molar-refractivity contribution < 1.29 is 22.7 Å². The normalized spacial score (nSPS) is 10.9. The first-order valence-electron chi connectivity index (χ1n) is 9.21. The van der Waals surface area contributed by atoms with Gasteiger partial charge in [0.1, 0.15) is 18.0 Å². The van der Waals surface area contributed by atoms with Crippen LogP contribution in [0, 0.1) is 0 Å². The van der Waals surface area contributed by atoms with Gasteiger partial charge in [0.25, 0.3) is 10.0 Å². The molecule has 1 N–H and O–H groups in total. The zero-order valence-corrected chi connectivity index (χ0v) is 18.5. The fourth-order valence-corrected chi connectivity index (χ4v) is 4.53. The maximum atomic E-state index is 13.4. The van der Waals surface area contributed by atoms with Gasteiger partial charge in [-0.25, -0.2) is 8.42 Å². The lowest BCUT2D eigenvalue weighted by molar-refractivity contribution is -0.114. The van der Waals surface area contributed by atoms with E-state index < -0.39 is 22.5 Å². The second-order valence-corrected chi connectivity index (χ2v) is 8.66. The summed E-state index contributed by atoms with van der Waals surface area (Å²) in [5.41, 5.74) is 0.578. The Morgan fingerprint density at radius 2 is 1.65 bits per heavy atom. The Kier molecular flexibility index (Phi) is 7.04. The number of anilines is 2. The number of hydrogen-bond acceptors (Lipinski definition) is 5. The summed E-state index contributed by atoms with van der Waals surface area (Å²) >= 11 is 6.11. The quantitative estimate of drug-likeness (QED) is 0.544. The van der Waals surface area contributed by atoms with Crippen molar-refractivity contribution in [3.05, 3.63) is 77.8 Å². The molecule has 0 aliphatic rings. The molecule has 7 nitrogen and oxygen atoms in total. The topological polar surface area (TPSA) is 84.9 Å². The van der Waals surface area contributed by atoms with Crippen LogP contribution in [-0.2, 0) is 14.8 Å². The summed E-state index contributed by atoms with van der Waals surface area (Å²) in [6.07, 6.45) is 0. The Hall–Kier alpha value is -3.23. The minimum atomic E-state index is -4.09. The maximum Gasteiger partial charge on any atom is 0.264 e. The van der Waals surface area contributed by atoms with Crippen molar-refractivity contribution in [1.82, 2.24) is 0 Å². The number of hydrogen-bond donors (Lipinski definition) is 1. The molecule has 0 heterocycles. The predicted molar refractivity (Wildman–Crippen MR) is 121 cm³/mol. The van der Waals surface area contributed by atoms with E-state index in [-0.39, 0.29) is 16.3 Å². The molecule has 31 heavy (non-hydrogen) atoms. The maximum absolute atomic E-state index is 13.4. The minimum Gasteiger partial charge on any atom is -0.497 e. The van der Waals surface area contributed by atoms with Crippen LogP contribution in [0.2, 0.25) is 5.02 Å². The highest BCUT2D eigenvalue weighted by Crippen LogP contribution is 2.35. The van der Waals surface area contributed by atoms with Gasteiger partial charge >= 0.3 is 0 Å². The summed E-state index contributed by atoms with van der Waals surface area (Å²) < 4.78 is 38.5. The number of nitrogens with zero attached hydrogens (tertiary/aromatic N) is 1. The molecular weight excluding hydrogens is 440 g/mol. The van der Waals surface area contributed by atoms with Gasteiger partial charge in [0.2, 0.25) is 5.91 Å². The van der Waals surface area contributed by atoms with Crippen molar-refractivity contribution in [2.24, 2.45) is 0 Å². The number of ether oxygens (including phenoxy) is 2. The molecule has 0 fully saturated rings. The standard InChI is InChI=1S/C22H21ClN2O5S/c1-29-16-12-13-20(21(14-16)30-2)25(31(27,28)17-8-4-3-5-9-17)15-22(26)24-19-11-7-6-10-18(19)23/h3-14H,15H2,1-2H3,(H,24,26). The van der Waals surface area contributed by atoms with Gasteiger partial charge in [0.15, 0.2) is 0 Å². The summed E-state index contributed by atoms with van der Waals surface area (Å²) in [5, 5.41) is 2.99. The summed E-state index contributed by atoms with van der Waals surface area (Å²) in [4.78, 5) is 12.8. The van der Waals surface area contributed by atoms with Crippen LogP contribution in [0.25, 0.3) is 0 Å². The third-order valence-corrected chi connectivity index (χ3v) is 6.53. The Bertz CT molecular complexity index is 1170. The molecule has 3 rings (SSSR count). The number of para-hydroxylation sites is 1. The van der Waals surface area contributed by atoms with Gasteiger partial charge in [-0.05, 0) is 36.4 Å². The van der Waals surface area contributed by atoms with Crippen LogP contribution in [-0.4, -0.2) is 35.1 Å². The van der Waals surface area contributed by atoms with E-state index in [1.54, 1.807) is 54.6 Å². The molecule has 9 heteroatoms. The van der Waals surface area contributed by atoms with Crippen molar-refractivity contribution >= 4 is 38.9 Å². The number of rotatable bonds is 8. The number of amides is 1. The monoisotopic (exact) mass is 460 g/mol. The predicted octanol–water partition coefficient (Wildman–Crippen LogP) is 4.19. The Morgan fingerprint density at radius 3 is 2.29 bits per heavy atom. The summed E-state index contributed by atoms with van der Waals surface area (Å²) in [6, 6.07) is 19.2. The third-order valence-electron chi connectivity index (χ3n) is 4.42. The number of carbonyl (C=O) groups excluding carboxylic acids is 1. The van der Waals surface area contributed by atoms with E-state index in [2.05, 4.69) is 5.32 Å². The molecule has 0 saturated heterocycles. The highest BCUT2D eigenvalue weighted by atomic mass is 35.5. The summed E-state index contributed by atoms with van der Waals surface area (Å²) in [6.45, 7) is -0.495. The van der Waals surface area contributed by atoms with Gasteiger partial charge in [-0.15, -0.1) is 0 Å². The fourth-order valence-electron chi connectivity index (χ4n) is 2.89. The first-order valence-corrected chi connectivity index (χ1v) is 11.0. The molecule has 0 unspecified atom stereocenters. The molecule has 0 aliphatic heterocycles. The second kappa shape index (κ2) is 9.72. The van der Waals surface area contributed by atoms with Crippen LogP contribution in [0.4, 0.5) is 11.4 Å². The number of halogens is 1. The van der Waals surface area contributed by atoms with Crippen LogP contribution in [0.15, 0.2) is 77.7 Å². The third kappa shape index (κ3) is 5.10. The second-order valence-electron chi connectivity index (χ2n) is 6.39. The number of sulfonamides is 1. The molecular formula is C22H21ClN2O5S. The van der Waals surface area contributed by atoms with E-state index >= 15 is 0 Å². The largest absolute Gasteiger partial charge is 0.497 e. The number of carbonyl (C=O) groups is 1. The van der Waals surface area contributed by atoms with Crippen LogP contribution in [0.5, 0.6) is 11.5 Å². The van der Waals surface area contributed by atoms with Crippen molar-refractivity contribution in [1.29, 1.82) is 0 Å². The van der Waals surface area contributed by atoms with Gasteiger partial charge in [0, 0.05) is 6.07 Å². The number of nitrogens with one attached hydrogen (secondary N) is 1. The molecule has 1 amide bonds. The summed E-state index contributed by atoms with van der Waals surface area (Å²) in [5.74, 6) is 0.160. The molecule has 0 aromatic heterocycles. The Balaban J connectivity index is 2.03. The van der Waals surface area contributed by atoms with Crippen LogP contribution < -0.4 is 19.1 Å². The van der Waals surface area contributed by atoms with E-state index in [4.69, 9.17) is 21.1 Å². The van der Waals surface area contributed by atoms with Gasteiger partial charge < -0.3 is 14.8 Å². The molecule has 0 spiro atoms. The van der Waals surface area contributed by atoms with E-state index in [1.165, 1.54) is 32.4 Å². The number of methoxy groups -OCH3 is 2. The zero-order valence-electron chi connectivity index (χ0n) is 16.9. The van der Waals surface area contributed by atoms with Gasteiger partial charge in [-0.3, -0.25) is 9.10 Å². The van der Waals surface area contributed by atoms with Gasteiger partial charge in [-0.2, -0.15) is 0 Å². The van der Waals surface area contributed by atoms with E-state index in [1.807, 2.05) is 0 Å². The lowest BCUT2D eigenvalue weighted by atomic mass is 10.2. The van der Waals surface area contributed by atoms with Gasteiger partial charge in [0.05, 0.1) is 35.5 Å². The molecule has 0 atom stereocenters. The van der Waals surface area contributed by atoms with Crippen LogP contribution in [0.1, 0.15) is 0 Å². The lowest BCUT2D eigenvalue weighted by Gasteiger charge is -2.26. The van der Waals surface area contributed by atoms with Crippen LogP contribution >= 0.6 is 11.6 Å². The molecule has 0 aliphatic carbocycles. The minimum absolute atomic E-state index is 0.0402. The van der Waals surface area contributed by atoms with Gasteiger partial charge in [-0.1, -0.05) is 41.9 Å². The van der Waals surface area contributed by atoms with Crippen molar-refractivity contribution in [3.8, 4) is 11.5 Å². The molecule has 3 aromatic carbocycles. The average Bonchev–Trinajstić information content (AvgIpc) is 2.79. The van der Waals surface area contributed by atoms with E-state index in [9.17, 15) is 13.2 Å². The SMILES string of the molecule is COc1ccc(N(CC(=O)Nc2ccccc2Cl)S(=O)(=O)c2ccccc2)c(OC)c1. The van der Waals surface area contributed by atoms with E-state index in [0.717, 1.165) is 4.31 Å². The van der Waals surface area contributed by atoms with Crippen molar-refractivity contribution in [2.75, 3.05) is 30.4 Å². The average molecular weight is 461 g/mol. The molecule has 3 aromatic rings. The van der Waals surface area contributed by atoms with E-state index in [0.29, 0.717) is 16.5 Å².